The summed E-state index contributed by atoms with van der Waals surface area (Å²) in [6.45, 7) is 2.74. The van der Waals surface area contributed by atoms with E-state index in [0.29, 0.717) is 5.82 Å². The minimum absolute atomic E-state index is 0.0890. The largest absolute Gasteiger partial charge is 0.388 e. The molecule has 1 atom stereocenters. The van der Waals surface area contributed by atoms with Gasteiger partial charge in [-0.05, 0) is 6.92 Å². The van der Waals surface area contributed by atoms with Crippen molar-refractivity contribution in [3.05, 3.63) is 30.9 Å². The van der Waals surface area contributed by atoms with Crippen LogP contribution in [0.25, 0.3) is 0 Å². The van der Waals surface area contributed by atoms with Crippen molar-refractivity contribution in [2.24, 2.45) is 0 Å². The molecule has 0 aliphatic heterocycles. The summed E-state index contributed by atoms with van der Waals surface area (Å²) in [4.78, 5) is 3.97. The molecule has 15 heavy (non-hydrogen) atoms. The third kappa shape index (κ3) is 2.04. The monoisotopic (exact) mass is 207 g/mol. The van der Waals surface area contributed by atoms with Crippen molar-refractivity contribution in [1.82, 2.24) is 24.3 Å². The van der Waals surface area contributed by atoms with E-state index in [2.05, 4.69) is 15.2 Å². The molecular formula is C9H13N5O. The Morgan fingerprint density at radius 2 is 2.33 bits per heavy atom. The minimum atomic E-state index is -0.0890. The average molecular weight is 207 g/mol. The van der Waals surface area contributed by atoms with E-state index in [1.165, 1.54) is 0 Å². The third-order valence-electron chi connectivity index (χ3n) is 2.30. The quantitative estimate of drug-likeness (QED) is 0.779. The van der Waals surface area contributed by atoms with Gasteiger partial charge in [-0.1, -0.05) is 0 Å². The SMILES string of the molecule is CC(Cn1ccnc1)n1cnnc1CO. The number of aliphatic hydroxyl groups excluding tert-OH is 1. The van der Waals surface area contributed by atoms with Crippen molar-refractivity contribution in [3.8, 4) is 0 Å². The van der Waals surface area contributed by atoms with E-state index in [-0.39, 0.29) is 12.6 Å². The van der Waals surface area contributed by atoms with E-state index >= 15 is 0 Å². The first-order valence-electron chi connectivity index (χ1n) is 4.76. The normalized spacial score (nSPS) is 12.9. The number of hydrogen-bond donors (Lipinski definition) is 1. The molecule has 0 fully saturated rings. The maximum absolute atomic E-state index is 9.04. The maximum atomic E-state index is 9.04. The summed E-state index contributed by atoms with van der Waals surface area (Å²) < 4.78 is 3.84. The zero-order valence-corrected chi connectivity index (χ0v) is 8.48. The number of hydrogen-bond acceptors (Lipinski definition) is 4. The van der Waals surface area contributed by atoms with E-state index in [1.807, 2.05) is 22.3 Å². The Balaban J connectivity index is 2.11. The molecule has 80 valence electrons. The van der Waals surface area contributed by atoms with Gasteiger partial charge >= 0.3 is 0 Å². The fourth-order valence-electron chi connectivity index (χ4n) is 1.54. The van der Waals surface area contributed by atoms with Crippen LogP contribution in [0.4, 0.5) is 0 Å². The first kappa shape index (κ1) is 9.85. The number of aromatic nitrogens is 5. The van der Waals surface area contributed by atoms with Crippen LogP contribution in [0.1, 0.15) is 18.8 Å². The zero-order chi connectivity index (χ0) is 10.7. The fourth-order valence-corrected chi connectivity index (χ4v) is 1.54. The van der Waals surface area contributed by atoms with Gasteiger partial charge in [0.1, 0.15) is 12.9 Å². The Morgan fingerprint density at radius 1 is 1.47 bits per heavy atom. The van der Waals surface area contributed by atoms with Gasteiger partial charge in [0.2, 0.25) is 0 Å². The van der Waals surface area contributed by atoms with Gasteiger partial charge in [-0.15, -0.1) is 10.2 Å². The molecule has 0 spiro atoms. The standard InChI is InChI=1S/C9H13N5O/c1-8(4-13-3-2-10-6-13)14-7-11-12-9(14)5-15/h2-3,6-8,15H,4-5H2,1H3. The molecule has 6 nitrogen and oxygen atoms in total. The molecule has 0 radical (unpaired) electrons. The lowest BCUT2D eigenvalue weighted by atomic mass is 10.3. The van der Waals surface area contributed by atoms with Crippen molar-refractivity contribution in [3.63, 3.8) is 0 Å². The van der Waals surface area contributed by atoms with Gasteiger partial charge in [-0.3, -0.25) is 0 Å². The number of nitrogens with zero attached hydrogens (tertiary/aromatic N) is 5. The van der Waals surface area contributed by atoms with E-state index in [4.69, 9.17) is 5.11 Å². The van der Waals surface area contributed by atoms with Gasteiger partial charge in [0.15, 0.2) is 5.82 Å². The van der Waals surface area contributed by atoms with Gasteiger partial charge in [-0.25, -0.2) is 4.98 Å². The van der Waals surface area contributed by atoms with E-state index in [0.717, 1.165) is 6.54 Å². The number of rotatable bonds is 4. The molecule has 0 bridgehead atoms. The highest BCUT2D eigenvalue weighted by Gasteiger charge is 2.10. The fraction of sp³-hybridized carbons (Fsp3) is 0.444. The topological polar surface area (TPSA) is 68.8 Å². The second kappa shape index (κ2) is 4.22. The summed E-state index contributed by atoms with van der Waals surface area (Å²) >= 11 is 0. The van der Waals surface area contributed by atoms with Crippen LogP contribution in [0.2, 0.25) is 0 Å². The summed E-state index contributed by atoms with van der Waals surface area (Å²) in [5.74, 6) is 0.586. The van der Waals surface area contributed by atoms with Crippen LogP contribution < -0.4 is 0 Å². The van der Waals surface area contributed by atoms with Gasteiger partial charge in [0, 0.05) is 18.9 Å². The molecule has 0 aromatic carbocycles. The highest BCUT2D eigenvalue weighted by atomic mass is 16.3. The van der Waals surface area contributed by atoms with Gasteiger partial charge in [0.25, 0.3) is 0 Å². The Bertz CT molecular complexity index is 408. The predicted octanol–water partition coefficient (Wildman–Crippen LogP) is 0.228. The molecule has 0 aliphatic rings. The van der Waals surface area contributed by atoms with E-state index < -0.39 is 0 Å². The molecule has 0 amide bonds. The van der Waals surface area contributed by atoms with Crippen molar-refractivity contribution in [1.29, 1.82) is 0 Å². The highest BCUT2D eigenvalue weighted by molar-refractivity contribution is 4.87. The van der Waals surface area contributed by atoms with Gasteiger partial charge < -0.3 is 14.2 Å². The van der Waals surface area contributed by atoms with Crippen LogP contribution in [0, 0.1) is 0 Å². The Hall–Kier alpha value is -1.69. The first-order valence-corrected chi connectivity index (χ1v) is 4.76. The van der Waals surface area contributed by atoms with Gasteiger partial charge in [-0.2, -0.15) is 0 Å². The summed E-state index contributed by atoms with van der Waals surface area (Å²) in [6.07, 6.45) is 7.04. The minimum Gasteiger partial charge on any atom is -0.388 e. The van der Waals surface area contributed by atoms with E-state index in [1.54, 1.807) is 18.9 Å². The molecule has 1 N–H and O–H groups in total. The van der Waals surface area contributed by atoms with Crippen molar-refractivity contribution in [2.75, 3.05) is 0 Å². The molecular weight excluding hydrogens is 194 g/mol. The molecule has 6 heteroatoms. The average Bonchev–Trinajstić information content (AvgIpc) is 2.86. The number of imidazole rings is 1. The molecule has 2 rings (SSSR count). The molecule has 0 saturated carbocycles. The first-order chi connectivity index (χ1) is 7.31. The predicted molar refractivity (Wildman–Crippen MR) is 52.9 cm³/mol. The Kier molecular flexibility index (Phi) is 2.77. The Morgan fingerprint density at radius 3 is 3.00 bits per heavy atom. The van der Waals surface area contributed by atoms with Crippen LogP contribution in [-0.4, -0.2) is 29.4 Å². The van der Waals surface area contributed by atoms with Gasteiger partial charge in [0.05, 0.1) is 12.4 Å². The molecule has 2 heterocycles. The molecule has 0 saturated heterocycles. The smallest absolute Gasteiger partial charge is 0.158 e. The molecule has 2 aromatic heterocycles. The molecule has 2 aromatic rings. The highest BCUT2D eigenvalue weighted by Crippen LogP contribution is 2.10. The summed E-state index contributed by atoms with van der Waals surface area (Å²) in [7, 11) is 0. The second-order valence-electron chi connectivity index (χ2n) is 3.42. The van der Waals surface area contributed by atoms with Crippen molar-refractivity contribution < 1.29 is 5.11 Å². The molecule has 1 unspecified atom stereocenters. The van der Waals surface area contributed by atoms with E-state index in [9.17, 15) is 0 Å². The summed E-state index contributed by atoms with van der Waals surface area (Å²) in [5.41, 5.74) is 0. The lowest BCUT2D eigenvalue weighted by Crippen LogP contribution is -2.14. The zero-order valence-electron chi connectivity index (χ0n) is 8.48. The lowest BCUT2D eigenvalue weighted by Gasteiger charge is -2.14. The molecule has 0 aliphatic carbocycles. The summed E-state index contributed by atoms with van der Waals surface area (Å²) in [5, 5.41) is 16.6. The van der Waals surface area contributed by atoms with Crippen LogP contribution in [0.5, 0.6) is 0 Å². The number of aliphatic hydroxyl groups is 1. The van der Waals surface area contributed by atoms with Crippen LogP contribution in [0.3, 0.4) is 0 Å². The van der Waals surface area contributed by atoms with Crippen LogP contribution in [0.15, 0.2) is 25.0 Å². The van der Waals surface area contributed by atoms with Crippen molar-refractivity contribution in [2.45, 2.75) is 26.1 Å². The maximum Gasteiger partial charge on any atom is 0.158 e. The lowest BCUT2D eigenvalue weighted by molar-refractivity contribution is 0.258. The van der Waals surface area contributed by atoms with Crippen molar-refractivity contribution >= 4 is 0 Å². The third-order valence-corrected chi connectivity index (χ3v) is 2.30. The van der Waals surface area contributed by atoms with Crippen LogP contribution in [-0.2, 0) is 13.2 Å². The van der Waals surface area contributed by atoms with Crippen LogP contribution >= 0.6 is 0 Å². The summed E-state index contributed by atoms with van der Waals surface area (Å²) in [6, 6.07) is 0.191. The Labute approximate surface area is 87.2 Å². The second-order valence-corrected chi connectivity index (χ2v) is 3.42.